The van der Waals surface area contributed by atoms with Gasteiger partial charge in [-0.2, -0.15) is 0 Å². The Hall–Kier alpha value is -0.120. The summed E-state index contributed by atoms with van der Waals surface area (Å²) < 4.78 is 5.40. The molecule has 3 nitrogen and oxygen atoms in total. The van der Waals surface area contributed by atoms with Gasteiger partial charge in [0, 0.05) is 25.7 Å². The second kappa shape index (κ2) is 5.69. The number of ether oxygens (including phenoxy) is 1. The van der Waals surface area contributed by atoms with Crippen LogP contribution in [0.1, 0.15) is 33.1 Å². The zero-order valence-electron chi connectivity index (χ0n) is 9.70. The minimum absolute atomic E-state index is 0.299. The molecule has 0 radical (unpaired) electrons. The van der Waals surface area contributed by atoms with Gasteiger partial charge < -0.3 is 10.5 Å². The topological polar surface area (TPSA) is 38.5 Å². The highest BCUT2D eigenvalue weighted by Gasteiger charge is 2.23. The zero-order valence-corrected chi connectivity index (χ0v) is 9.70. The number of rotatable bonds is 4. The van der Waals surface area contributed by atoms with Gasteiger partial charge in [0.25, 0.3) is 0 Å². The summed E-state index contributed by atoms with van der Waals surface area (Å²) >= 11 is 0. The minimum atomic E-state index is 0.299. The maximum atomic E-state index is 5.81. The molecule has 0 aliphatic carbocycles. The van der Waals surface area contributed by atoms with Crippen LogP contribution in [0, 0.1) is 0 Å². The molecule has 14 heavy (non-hydrogen) atoms. The van der Waals surface area contributed by atoms with Gasteiger partial charge in [-0.1, -0.05) is 0 Å². The Balaban J connectivity index is 2.35. The van der Waals surface area contributed by atoms with Crippen molar-refractivity contribution >= 4 is 0 Å². The number of hydrogen-bond donors (Lipinski definition) is 1. The molecule has 3 atom stereocenters. The van der Waals surface area contributed by atoms with Crippen molar-refractivity contribution in [2.45, 2.75) is 51.3 Å². The highest BCUT2D eigenvalue weighted by atomic mass is 16.5. The van der Waals surface area contributed by atoms with E-state index in [1.165, 1.54) is 19.4 Å². The van der Waals surface area contributed by atoms with E-state index in [0.29, 0.717) is 18.2 Å². The molecule has 0 saturated carbocycles. The average molecular weight is 200 g/mol. The Morgan fingerprint density at radius 2 is 2.21 bits per heavy atom. The van der Waals surface area contributed by atoms with Crippen LogP contribution in [0.15, 0.2) is 0 Å². The molecule has 84 valence electrons. The average Bonchev–Trinajstić information content (AvgIpc) is 2.17. The number of hydrogen-bond acceptors (Lipinski definition) is 3. The number of piperidine rings is 1. The van der Waals surface area contributed by atoms with Crippen molar-refractivity contribution < 1.29 is 4.74 Å². The Morgan fingerprint density at radius 1 is 1.50 bits per heavy atom. The standard InChI is InChI=1S/C11H24N2O/c1-9(12)7-10(2)13-6-4-5-11(8-13)14-3/h9-11H,4-8,12H2,1-3H3. The summed E-state index contributed by atoms with van der Waals surface area (Å²) in [5.41, 5.74) is 5.81. The molecule has 1 aliphatic rings. The van der Waals surface area contributed by atoms with Crippen molar-refractivity contribution in [3.8, 4) is 0 Å². The molecule has 1 rings (SSSR count). The fourth-order valence-corrected chi connectivity index (χ4v) is 2.25. The van der Waals surface area contributed by atoms with Crippen LogP contribution in [-0.2, 0) is 4.74 Å². The van der Waals surface area contributed by atoms with Gasteiger partial charge in [0.1, 0.15) is 0 Å². The Bertz CT molecular complexity index is 161. The summed E-state index contributed by atoms with van der Waals surface area (Å²) in [5, 5.41) is 0. The lowest BCUT2D eigenvalue weighted by molar-refractivity contribution is 0.0153. The first-order valence-corrected chi connectivity index (χ1v) is 5.66. The van der Waals surface area contributed by atoms with Crippen LogP contribution in [0.2, 0.25) is 0 Å². The van der Waals surface area contributed by atoms with E-state index in [2.05, 4.69) is 18.7 Å². The fourth-order valence-electron chi connectivity index (χ4n) is 2.25. The van der Waals surface area contributed by atoms with E-state index in [-0.39, 0.29) is 0 Å². The molecule has 1 saturated heterocycles. The zero-order chi connectivity index (χ0) is 10.6. The molecule has 1 heterocycles. The largest absolute Gasteiger partial charge is 0.380 e. The van der Waals surface area contributed by atoms with Crippen molar-refractivity contribution in [2.24, 2.45) is 5.73 Å². The first-order chi connectivity index (χ1) is 6.63. The molecular weight excluding hydrogens is 176 g/mol. The number of nitrogens with two attached hydrogens (primary N) is 1. The van der Waals surface area contributed by atoms with Gasteiger partial charge in [-0.15, -0.1) is 0 Å². The van der Waals surface area contributed by atoms with Crippen LogP contribution < -0.4 is 5.73 Å². The maximum absolute atomic E-state index is 5.81. The van der Waals surface area contributed by atoms with Crippen molar-refractivity contribution in [1.82, 2.24) is 4.90 Å². The molecule has 0 aromatic rings. The summed E-state index contributed by atoms with van der Waals surface area (Å²) in [5.74, 6) is 0. The van der Waals surface area contributed by atoms with Crippen molar-refractivity contribution in [3.05, 3.63) is 0 Å². The van der Waals surface area contributed by atoms with Gasteiger partial charge in [0.05, 0.1) is 6.10 Å². The van der Waals surface area contributed by atoms with E-state index >= 15 is 0 Å². The highest BCUT2D eigenvalue weighted by Crippen LogP contribution is 2.16. The summed E-state index contributed by atoms with van der Waals surface area (Å²) in [4.78, 5) is 2.50. The van der Waals surface area contributed by atoms with Crippen LogP contribution in [0.3, 0.4) is 0 Å². The van der Waals surface area contributed by atoms with Gasteiger partial charge in [0.2, 0.25) is 0 Å². The molecule has 1 aliphatic heterocycles. The molecule has 3 unspecified atom stereocenters. The van der Waals surface area contributed by atoms with Gasteiger partial charge >= 0.3 is 0 Å². The van der Waals surface area contributed by atoms with Crippen molar-refractivity contribution in [2.75, 3.05) is 20.2 Å². The lowest BCUT2D eigenvalue weighted by Gasteiger charge is -2.36. The first kappa shape index (κ1) is 12.0. The fraction of sp³-hybridized carbons (Fsp3) is 1.00. The Morgan fingerprint density at radius 3 is 2.79 bits per heavy atom. The predicted molar refractivity (Wildman–Crippen MR) is 59.3 cm³/mol. The van der Waals surface area contributed by atoms with Gasteiger partial charge in [-0.3, -0.25) is 4.90 Å². The minimum Gasteiger partial charge on any atom is -0.380 e. The van der Waals surface area contributed by atoms with Crippen LogP contribution in [0.5, 0.6) is 0 Å². The molecule has 0 aromatic carbocycles. The summed E-state index contributed by atoms with van der Waals surface area (Å²) in [6.45, 7) is 6.62. The second-order valence-corrected chi connectivity index (χ2v) is 4.56. The van der Waals surface area contributed by atoms with E-state index in [9.17, 15) is 0 Å². The summed E-state index contributed by atoms with van der Waals surface area (Å²) in [7, 11) is 1.81. The van der Waals surface area contributed by atoms with Gasteiger partial charge in [-0.25, -0.2) is 0 Å². The highest BCUT2D eigenvalue weighted by molar-refractivity contribution is 4.78. The van der Waals surface area contributed by atoms with E-state index in [1.54, 1.807) is 0 Å². The third-order valence-corrected chi connectivity index (χ3v) is 3.08. The van der Waals surface area contributed by atoms with Crippen molar-refractivity contribution in [3.63, 3.8) is 0 Å². The van der Waals surface area contributed by atoms with Crippen molar-refractivity contribution in [1.29, 1.82) is 0 Å². The lowest BCUT2D eigenvalue weighted by atomic mass is 10.0. The third-order valence-electron chi connectivity index (χ3n) is 3.08. The molecule has 0 amide bonds. The second-order valence-electron chi connectivity index (χ2n) is 4.56. The molecule has 2 N–H and O–H groups in total. The number of nitrogens with zero attached hydrogens (tertiary/aromatic N) is 1. The van der Waals surface area contributed by atoms with Gasteiger partial charge in [-0.05, 0) is 39.7 Å². The maximum Gasteiger partial charge on any atom is 0.0698 e. The monoisotopic (exact) mass is 200 g/mol. The Labute approximate surface area is 87.6 Å². The third kappa shape index (κ3) is 3.56. The van der Waals surface area contributed by atoms with Crippen LogP contribution in [0.25, 0.3) is 0 Å². The van der Waals surface area contributed by atoms with Crippen LogP contribution in [0.4, 0.5) is 0 Å². The van der Waals surface area contributed by atoms with E-state index < -0.39 is 0 Å². The molecular formula is C11H24N2O. The quantitative estimate of drug-likeness (QED) is 0.741. The predicted octanol–water partition coefficient (Wildman–Crippen LogP) is 1.22. The molecule has 1 fully saturated rings. The normalized spacial score (nSPS) is 28.7. The van der Waals surface area contributed by atoms with E-state index in [1.807, 2.05) is 7.11 Å². The van der Waals surface area contributed by atoms with Crippen LogP contribution >= 0.6 is 0 Å². The van der Waals surface area contributed by atoms with E-state index in [4.69, 9.17) is 10.5 Å². The summed E-state index contributed by atoms with van der Waals surface area (Å²) in [6.07, 6.45) is 3.97. The van der Waals surface area contributed by atoms with E-state index in [0.717, 1.165) is 13.0 Å². The summed E-state index contributed by atoms with van der Waals surface area (Å²) in [6, 6.07) is 0.890. The molecule has 0 spiro atoms. The lowest BCUT2D eigenvalue weighted by Crippen LogP contribution is -2.45. The smallest absolute Gasteiger partial charge is 0.0698 e. The number of likely N-dealkylation sites (tertiary alicyclic amines) is 1. The van der Waals surface area contributed by atoms with Crippen LogP contribution in [-0.4, -0.2) is 43.3 Å². The first-order valence-electron chi connectivity index (χ1n) is 5.66. The number of methoxy groups -OCH3 is 1. The SMILES string of the molecule is COC1CCCN(C(C)CC(C)N)C1. The Kier molecular flexibility index (Phi) is 4.85. The molecule has 3 heteroatoms. The molecule has 0 bridgehead atoms. The van der Waals surface area contributed by atoms with Gasteiger partial charge in [0.15, 0.2) is 0 Å². The molecule has 0 aromatic heterocycles.